The number of phenols is 1. The molecule has 18 heavy (non-hydrogen) atoms. The summed E-state index contributed by atoms with van der Waals surface area (Å²) in [7, 11) is -0.866. The SMILES string of the molecule is COP(=O)(CNc1ccc(O)cc1[N+](=O)[O-])OC. The van der Waals surface area contributed by atoms with Crippen molar-refractivity contribution >= 4 is 19.0 Å². The zero-order valence-electron chi connectivity index (χ0n) is 9.82. The number of hydrogen-bond donors (Lipinski definition) is 2. The molecule has 0 aromatic heterocycles. The monoisotopic (exact) mass is 276 g/mol. The third-order valence-electron chi connectivity index (χ3n) is 2.20. The first-order valence-corrected chi connectivity index (χ1v) is 6.56. The Balaban J connectivity index is 2.91. The maximum atomic E-state index is 11.7. The third-order valence-corrected chi connectivity index (χ3v) is 3.86. The fourth-order valence-electron chi connectivity index (χ4n) is 1.21. The van der Waals surface area contributed by atoms with E-state index in [1.54, 1.807) is 0 Å². The van der Waals surface area contributed by atoms with Gasteiger partial charge in [0.2, 0.25) is 0 Å². The highest BCUT2D eigenvalue weighted by atomic mass is 31.2. The van der Waals surface area contributed by atoms with Crippen LogP contribution in [0.2, 0.25) is 0 Å². The summed E-state index contributed by atoms with van der Waals surface area (Å²) >= 11 is 0. The van der Waals surface area contributed by atoms with Crippen LogP contribution in [0.25, 0.3) is 0 Å². The quantitative estimate of drug-likeness (QED) is 0.354. The number of nitro groups is 1. The molecular weight excluding hydrogens is 263 g/mol. The molecule has 0 unspecified atom stereocenters. The third kappa shape index (κ3) is 3.43. The van der Waals surface area contributed by atoms with Crippen LogP contribution in [0.3, 0.4) is 0 Å². The summed E-state index contributed by atoms with van der Waals surface area (Å²) in [5.74, 6) is -0.228. The summed E-state index contributed by atoms with van der Waals surface area (Å²) in [5, 5.41) is 22.5. The van der Waals surface area contributed by atoms with Crippen molar-refractivity contribution in [3.05, 3.63) is 28.3 Å². The van der Waals surface area contributed by atoms with E-state index in [1.807, 2.05) is 0 Å². The number of aromatic hydroxyl groups is 1. The second-order valence-corrected chi connectivity index (χ2v) is 5.54. The Bertz CT molecular complexity index is 484. The standard InChI is InChI=1S/C9H13N2O6P/c1-16-18(15,17-2)6-10-8-4-3-7(12)5-9(8)11(13)14/h3-5,10,12H,6H2,1-2H3. The lowest BCUT2D eigenvalue weighted by molar-refractivity contribution is -0.384. The van der Waals surface area contributed by atoms with E-state index >= 15 is 0 Å². The molecule has 0 aliphatic heterocycles. The maximum Gasteiger partial charge on any atom is 0.349 e. The van der Waals surface area contributed by atoms with Gasteiger partial charge in [0.1, 0.15) is 17.7 Å². The topological polar surface area (TPSA) is 111 Å². The van der Waals surface area contributed by atoms with Crippen LogP contribution in [-0.4, -0.2) is 30.5 Å². The molecule has 1 rings (SSSR count). The van der Waals surface area contributed by atoms with Crippen molar-refractivity contribution in [2.24, 2.45) is 0 Å². The Morgan fingerprint density at radius 2 is 2.06 bits per heavy atom. The summed E-state index contributed by atoms with van der Waals surface area (Å²) in [5.41, 5.74) is -0.208. The number of nitrogens with one attached hydrogen (secondary N) is 1. The van der Waals surface area contributed by atoms with Gasteiger partial charge in [0, 0.05) is 14.2 Å². The molecule has 0 fully saturated rings. The molecule has 0 heterocycles. The molecule has 2 N–H and O–H groups in total. The van der Waals surface area contributed by atoms with Gasteiger partial charge in [-0.25, -0.2) is 0 Å². The zero-order valence-corrected chi connectivity index (χ0v) is 10.7. The number of anilines is 1. The van der Waals surface area contributed by atoms with Crippen molar-refractivity contribution in [1.29, 1.82) is 0 Å². The number of hydrogen-bond acceptors (Lipinski definition) is 7. The van der Waals surface area contributed by atoms with Gasteiger partial charge in [-0.2, -0.15) is 0 Å². The van der Waals surface area contributed by atoms with E-state index in [0.717, 1.165) is 6.07 Å². The van der Waals surface area contributed by atoms with Crippen LogP contribution >= 0.6 is 7.60 Å². The van der Waals surface area contributed by atoms with Crippen LogP contribution in [0.5, 0.6) is 5.75 Å². The van der Waals surface area contributed by atoms with E-state index in [4.69, 9.17) is 0 Å². The summed E-state index contributed by atoms with van der Waals surface area (Å²) in [6, 6.07) is 3.58. The fourth-order valence-corrected chi connectivity index (χ4v) is 1.98. The Kier molecular flexibility index (Phi) is 4.66. The van der Waals surface area contributed by atoms with Gasteiger partial charge in [-0.1, -0.05) is 0 Å². The molecule has 1 aromatic rings. The van der Waals surface area contributed by atoms with Crippen molar-refractivity contribution < 1.29 is 23.6 Å². The smallest absolute Gasteiger partial charge is 0.349 e. The van der Waals surface area contributed by atoms with Gasteiger partial charge in [-0.05, 0) is 12.1 Å². The van der Waals surface area contributed by atoms with Gasteiger partial charge in [-0.15, -0.1) is 0 Å². The molecule has 0 bridgehead atoms. The van der Waals surface area contributed by atoms with Gasteiger partial charge in [-0.3, -0.25) is 14.7 Å². The number of nitro benzene ring substituents is 1. The van der Waals surface area contributed by atoms with Gasteiger partial charge in [0.05, 0.1) is 11.0 Å². The van der Waals surface area contributed by atoms with Gasteiger partial charge in [0.25, 0.3) is 5.69 Å². The minimum absolute atomic E-state index is 0.118. The highest BCUT2D eigenvalue weighted by Crippen LogP contribution is 2.46. The van der Waals surface area contributed by atoms with Crippen molar-refractivity contribution in [3.8, 4) is 5.75 Å². The number of benzene rings is 1. The molecule has 0 radical (unpaired) electrons. The average Bonchev–Trinajstić information content (AvgIpc) is 2.36. The highest BCUT2D eigenvalue weighted by molar-refractivity contribution is 7.53. The Labute approximate surface area is 103 Å². The Morgan fingerprint density at radius 1 is 1.44 bits per heavy atom. The molecule has 9 heteroatoms. The molecule has 0 saturated heterocycles. The first kappa shape index (κ1) is 14.4. The Morgan fingerprint density at radius 3 is 2.56 bits per heavy atom. The first-order chi connectivity index (χ1) is 8.41. The summed E-state index contributed by atoms with van der Waals surface area (Å²) in [6.07, 6.45) is -0.217. The molecule has 8 nitrogen and oxygen atoms in total. The Hall–Kier alpha value is -1.63. The molecule has 100 valence electrons. The predicted octanol–water partition coefficient (Wildman–Crippen LogP) is 2.16. The molecule has 0 aliphatic carbocycles. The van der Waals surface area contributed by atoms with E-state index in [1.165, 1.54) is 26.4 Å². The lowest BCUT2D eigenvalue weighted by atomic mass is 10.2. The first-order valence-electron chi connectivity index (χ1n) is 4.83. The molecule has 0 amide bonds. The van der Waals surface area contributed by atoms with Crippen molar-refractivity contribution in [3.63, 3.8) is 0 Å². The van der Waals surface area contributed by atoms with Crippen LogP contribution in [0.15, 0.2) is 18.2 Å². The molecular formula is C9H13N2O6P. The molecule has 1 aromatic carbocycles. The second-order valence-electron chi connectivity index (χ2n) is 3.27. The largest absolute Gasteiger partial charge is 0.508 e. The van der Waals surface area contributed by atoms with E-state index in [2.05, 4.69) is 14.4 Å². The lowest BCUT2D eigenvalue weighted by Crippen LogP contribution is -2.07. The molecule has 0 atom stereocenters. The fraction of sp³-hybridized carbons (Fsp3) is 0.333. The normalized spacial score (nSPS) is 11.2. The van der Waals surface area contributed by atoms with Crippen molar-refractivity contribution in [2.75, 3.05) is 25.8 Å². The minimum atomic E-state index is -3.30. The number of nitrogens with zero attached hydrogens (tertiary/aromatic N) is 1. The molecule has 0 aliphatic rings. The van der Waals surface area contributed by atoms with Crippen LogP contribution in [0.1, 0.15) is 0 Å². The van der Waals surface area contributed by atoms with E-state index in [0.29, 0.717) is 0 Å². The molecule has 0 spiro atoms. The maximum absolute atomic E-state index is 11.7. The summed E-state index contributed by atoms with van der Waals surface area (Å²) < 4.78 is 21.1. The van der Waals surface area contributed by atoms with Gasteiger partial charge < -0.3 is 19.5 Å². The van der Waals surface area contributed by atoms with Crippen molar-refractivity contribution in [2.45, 2.75) is 0 Å². The minimum Gasteiger partial charge on any atom is -0.508 e. The highest BCUT2D eigenvalue weighted by Gasteiger charge is 2.23. The number of rotatable bonds is 6. The lowest BCUT2D eigenvalue weighted by Gasteiger charge is -2.14. The summed E-state index contributed by atoms with van der Waals surface area (Å²) in [4.78, 5) is 10.1. The summed E-state index contributed by atoms with van der Waals surface area (Å²) in [6.45, 7) is 0. The van der Waals surface area contributed by atoms with Crippen LogP contribution in [0.4, 0.5) is 11.4 Å². The van der Waals surface area contributed by atoms with Crippen LogP contribution in [-0.2, 0) is 13.6 Å². The van der Waals surface area contributed by atoms with Crippen LogP contribution < -0.4 is 5.32 Å². The predicted molar refractivity (Wildman–Crippen MR) is 64.9 cm³/mol. The average molecular weight is 276 g/mol. The van der Waals surface area contributed by atoms with Crippen LogP contribution in [0, 0.1) is 10.1 Å². The van der Waals surface area contributed by atoms with Gasteiger partial charge >= 0.3 is 7.60 Å². The van der Waals surface area contributed by atoms with E-state index < -0.39 is 12.5 Å². The van der Waals surface area contributed by atoms with Crippen molar-refractivity contribution in [1.82, 2.24) is 0 Å². The van der Waals surface area contributed by atoms with E-state index in [9.17, 15) is 19.8 Å². The second kappa shape index (κ2) is 5.81. The van der Waals surface area contributed by atoms with E-state index in [-0.39, 0.29) is 23.4 Å². The van der Waals surface area contributed by atoms with Gasteiger partial charge in [0.15, 0.2) is 0 Å². The number of phenolic OH excluding ortho intramolecular Hbond substituents is 1. The molecule has 0 saturated carbocycles. The zero-order chi connectivity index (χ0) is 13.8.